The fraction of sp³-hybridized carbons (Fsp3) is 0.400. The molecule has 102 valence electrons. The van der Waals surface area contributed by atoms with E-state index in [0.29, 0.717) is 0 Å². The van der Waals surface area contributed by atoms with Crippen LogP contribution in [0.3, 0.4) is 0 Å². The number of nitrogens with zero attached hydrogens (tertiary/aromatic N) is 2. The number of benzene rings is 1. The molecule has 0 amide bonds. The number of ether oxygens (including phenoxy) is 1. The maximum Gasteiger partial charge on any atom is 0.121 e. The SMILES string of the molecule is CCCn1cc(CNc2ccc(OC)c(C)c2)cn1. The molecule has 0 aliphatic carbocycles. The number of aromatic nitrogens is 2. The van der Waals surface area contributed by atoms with E-state index in [0.717, 1.165) is 36.5 Å². The minimum atomic E-state index is 0.787. The molecule has 0 spiro atoms. The van der Waals surface area contributed by atoms with E-state index in [-0.39, 0.29) is 0 Å². The van der Waals surface area contributed by atoms with Gasteiger partial charge in [-0.15, -0.1) is 0 Å². The molecule has 0 radical (unpaired) electrons. The van der Waals surface area contributed by atoms with Gasteiger partial charge in [-0.2, -0.15) is 5.10 Å². The van der Waals surface area contributed by atoms with Crippen molar-refractivity contribution in [2.75, 3.05) is 12.4 Å². The van der Waals surface area contributed by atoms with Gasteiger partial charge >= 0.3 is 0 Å². The van der Waals surface area contributed by atoms with Crippen LogP contribution < -0.4 is 10.1 Å². The fourth-order valence-corrected chi connectivity index (χ4v) is 2.04. The largest absolute Gasteiger partial charge is 0.496 e. The maximum absolute atomic E-state index is 5.25. The summed E-state index contributed by atoms with van der Waals surface area (Å²) in [5.74, 6) is 0.918. The Hall–Kier alpha value is -1.97. The van der Waals surface area contributed by atoms with Gasteiger partial charge in [-0.25, -0.2) is 0 Å². The Morgan fingerprint density at radius 1 is 1.37 bits per heavy atom. The van der Waals surface area contributed by atoms with Gasteiger partial charge in [0.2, 0.25) is 0 Å². The Morgan fingerprint density at radius 3 is 2.89 bits per heavy atom. The first-order chi connectivity index (χ1) is 9.22. The molecular weight excluding hydrogens is 238 g/mol. The van der Waals surface area contributed by atoms with Gasteiger partial charge in [0.05, 0.1) is 13.3 Å². The van der Waals surface area contributed by atoms with E-state index < -0.39 is 0 Å². The highest BCUT2D eigenvalue weighted by molar-refractivity contribution is 5.50. The predicted octanol–water partition coefficient (Wildman–Crippen LogP) is 3.22. The van der Waals surface area contributed by atoms with E-state index in [2.05, 4.69) is 29.6 Å². The third kappa shape index (κ3) is 3.50. The van der Waals surface area contributed by atoms with Crippen molar-refractivity contribution in [3.63, 3.8) is 0 Å². The smallest absolute Gasteiger partial charge is 0.121 e. The molecule has 0 unspecified atom stereocenters. The molecule has 1 heterocycles. The zero-order valence-electron chi connectivity index (χ0n) is 11.8. The lowest BCUT2D eigenvalue weighted by atomic mass is 10.2. The van der Waals surface area contributed by atoms with Crippen molar-refractivity contribution in [1.82, 2.24) is 9.78 Å². The highest BCUT2D eigenvalue weighted by atomic mass is 16.5. The van der Waals surface area contributed by atoms with Gasteiger partial charge in [0, 0.05) is 30.5 Å². The number of methoxy groups -OCH3 is 1. The van der Waals surface area contributed by atoms with E-state index in [4.69, 9.17) is 4.74 Å². The fourth-order valence-electron chi connectivity index (χ4n) is 2.04. The van der Waals surface area contributed by atoms with Crippen molar-refractivity contribution in [1.29, 1.82) is 0 Å². The quantitative estimate of drug-likeness (QED) is 0.865. The van der Waals surface area contributed by atoms with Crippen LogP contribution in [0.15, 0.2) is 30.6 Å². The average Bonchev–Trinajstić information content (AvgIpc) is 2.85. The normalized spacial score (nSPS) is 10.5. The van der Waals surface area contributed by atoms with E-state index in [9.17, 15) is 0 Å². The third-order valence-corrected chi connectivity index (χ3v) is 3.03. The summed E-state index contributed by atoms with van der Waals surface area (Å²) in [7, 11) is 1.69. The van der Waals surface area contributed by atoms with E-state index >= 15 is 0 Å². The Kier molecular flexibility index (Phi) is 4.44. The molecule has 1 aromatic carbocycles. The van der Waals surface area contributed by atoms with E-state index in [1.807, 2.05) is 29.9 Å². The topological polar surface area (TPSA) is 39.1 Å². The highest BCUT2D eigenvalue weighted by Gasteiger charge is 2.01. The molecule has 4 nitrogen and oxygen atoms in total. The van der Waals surface area contributed by atoms with Gasteiger partial charge in [-0.05, 0) is 37.1 Å². The van der Waals surface area contributed by atoms with Crippen LogP contribution in [0.25, 0.3) is 0 Å². The molecule has 2 rings (SSSR count). The van der Waals surface area contributed by atoms with Crippen molar-refractivity contribution in [3.8, 4) is 5.75 Å². The second kappa shape index (κ2) is 6.27. The van der Waals surface area contributed by atoms with E-state index in [1.165, 1.54) is 5.56 Å². The number of hydrogen-bond acceptors (Lipinski definition) is 3. The van der Waals surface area contributed by atoms with Crippen LogP contribution >= 0.6 is 0 Å². The number of nitrogens with one attached hydrogen (secondary N) is 1. The van der Waals surface area contributed by atoms with Crippen LogP contribution in [0.1, 0.15) is 24.5 Å². The van der Waals surface area contributed by atoms with Crippen LogP contribution in [0.4, 0.5) is 5.69 Å². The van der Waals surface area contributed by atoms with Gasteiger partial charge in [-0.3, -0.25) is 4.68 Å². The first-order valence-electron chi connectivity index (χ1n) is 6.62. The van der Waals surface area contributed by atoms with Crippen LogP contribution in [0.2, 0.25) is 0 Å². The molecule has 19 heavy (non-hydrogen) atoms. The first-order valence-corrected chi connectivity index (χ1v) is 6.62. The van der Waals surface area contributed by atoms with Crippen LogP contribution in [-0.2, 0) is 13.1 Å². The summed E-state index contributed by atoms with van der Waals surface area (Å²) in [5, 5.41) is 7.72. The monoisotopic (exact) mass is 259 g/mol. The molecule has 4 heteroatoms. The second-order valence-corrected chi connectivity index (χ2v) is 4.65. The van der Waals surface area contributed by atoms with Crippen LogP contribution in [0.5, 0.6) is 5.75 Å². The highest BCUT2D eigenvalue weighted by Crippen LogP contribution is 2.21. The summed E-state index contributed by atoms with van der Waals surface area (Å²) in [4.78, 5) is 0. The Bertz CT molecular complexity index is 534. The van der Waals surface area contributed by atoms with Gasteiger partial charge in [0.25, 0.3) is 0 Å². The lowest BCUT2D eigenvalue weighted by molar-refractivity contribution is 0.412. The summed E-state index contributed by atoms with van der Waals surface area (Å²) in [6, 6.07) is 6.11. The minimum absolute atomic E-state index is 0.787. The summed E-state index contributed by atoms with van der Waals surface area (Å²) in [6.07, 6.45) is 5.11. The number of aryl methyl sites for hydroxylation is 2. The van der Waals surface area contributed by atoms with Gasteiger partial charge < -0.3 is 10.1 Å². The first kappa shape index (κ1) is 13.5. The standard InChI is InChI=1S/C15H21N3O/c1-4-7-18-11-13(10-17-18)9-16-14-5-6-15(19-3)12(2)8-14/h5-6,8,10-11,16H,4,7,9H2,1-3H3. The molecule has 0 fully saturated rings. The molecule has 0 saturated carbocycles. The zero-order valence-corrected chi connectivity index (χ0v) is 11.8. The molecular formula is C15H21N3O. The summed E-state index contributed by atoms with van der Waals surface area (Å²) < 4.78 is 7.23. The summed E-state index contributed by atoms with van der Waals surface area (Å²) in [5.41, 5.74) is 3.43. The minimum Gasteiger partial charge on any atom is -0.496 e. The zero-order chi connectivity index (χ0) is 13.7. The van der Waals surface area contributed by atoms with Crippen molar-refractivity contribution in [3.05, 3.63) is 41.7 Å². The number of anilines is 1. The molecule has 0 bridgehead atoms. The molecule has 2 aromatic rings. The second-order valence-electron chi connectivity index (χ2n) is 4.65. The van der Waals surface area contributed by atoms with Crippen LogP contribution in [0, 0.1) is 6.92 Å². The molecule has 0 saturated heterocycles. The molecule has 0 atom stereocenters. The molecule has 1 aromatic heterocycles. The lowest BCUT2D eigenvalue weighted by Crippen LogP contribution is -2.00. The van der Waals surface area contributed by atoms with Crippen molar-refractivity contribution in [2.24, 2.45) is 0 Å². The third-order valence-electron chi connectivity index (χ3n) is 3.03. The van der Waals surface area contributed by atoms with Crippen molar-refractivity contribution in [2.45, 2.75) is 33.4 Å². The van der Waals surface area contributed by atoms with E-state index in [1.54, 1.807) is 7.11 Å². The number of rotatable bonds is 6. The van der Waals surface area contributed by atoms with Crippen molar-refractivity contribution >= 4 is 5.69 Å². The molecule has 0 aliphatic rings. The van der Waals surface area contributed by atoms with Crippen molar-refractivity contribution < 1.29 is 4.74 Å². The lowest BCUT2D eigenvalue weighted by Gasteiger charge is -2.09. The molecule has 0 aliphatic heterocycles. The molecule has 1 N–H and O–H groups in total. The van der Waals surface area contributed by atoms with Gasteiger partial charge in [-0.1, -0.05) is 6.92 Å². The Balaban J connectivity index is 1.95. The summed E-state index contributed by atoms with van der Waals surface area (Å²) in [6.45, 7) is 5.96. The van der Waals surface area contributed by atoms with Crippen LogP contribution in [-0.4, -0.2) is 16.9 Å². The Labute approximate surface area is 114 Å². The number of hydrogen-bond donors (Lipinski definition) is 1. The predicted molar refractivity (Wildman–Crippen MR) is 77.6 cm³/mol. The maximum atomic E-state index is 5.25. The summed E-state index contributed by atoms with van der Waals surface area (Å²) >= 11 is 0. The van der Waals surface area contributed by atoms with Gasteiger partial charge in [0.15, 0.2) is 0 Å². The van der Waals surface area contributed by atoms with Gasteiger partial charge in [0.1, 0.15) is 5.75 Å². The average molecular weight is 259 g/mol. The Morgan fingerprint density at radius 2 is 2.21 bits per heavy atom.